The smallest absolute Gasteiger partial charge is 0.251 e. The molecule has 180 valence electrons. The van der Waals surface area contributed by atoms with Gasteiger partial charge in [-0.1, -0.05) is 31.2 Å². The van der Waals surface area contributed by atoms with Gasteiger partial charge in [0, 0.05) is 35.7 Å². The van der Waals surface area contributed by atoms with Gasteiger partial charge in [-0.15, -0.1) is 0 Å². The van der Waals surface area contributed by atoms with Crippen LogP contribution in [0.2, 0.25) is 0 Å². The third-order valence-electron chi connectivity index (χ3n) is 6.80. The number of likely N-dealkylation sites (tertiary alicyclic amines) is 1. The number of nitrogens with zero attached hydrogens (tertiary/aromatic N) is 5. The predicted octanol–water partition coefficient (Wildman–Crippen LogP) is 3.99. The number of carbonyl (C=O) groups is 1. The van der Waals surface area contributed by atoms with Crippen molar-refractivity contribution in [1.29, 1.82) is 0 Å². The number of piperidine rings is 1. The van der Waals surface area contributed by atoms with E-state index in [0.29, 0.717) is 12.5 Å². The van der Waals surface area contributed by atoms with Crippen molar-refractivity contribution in [2.45, 2.75) is 67.0 Å². The van der Waals surface area contributed by atoms with Crippen LogP contribution in [-0.2, 0) is 24.3 Å². The summed E-state index contributed by atoms with van der Waals surface area (Å²) in [7, 11) is 0. The van der Waals surface area contributed by atoms with Gasteiger partial charge in [0.25, 0.3) is 5.95 Å². The monoisotopic (exact) mass is 460 g/mol. The summed E-state index contributed by atoms with van der Waals surface area (Å²) >= 11 is 0. The first-order valence-electron chi connectivity index (χ1n) is 12.2. The van der Waals surface area contributed by atoms with Crippen LogP contribution in [0, 0.1) is 33.6 Å². The van der Waals surface area contributed by atoms with Gasteiger partial charge in [-0.3, -0.25) is 9.69 Å². The van der Waals surface area contributed by atoms with Crippen LogP contribution in [0.1, 0.15) is 59.2 Å². The van der Waals surface area contributed by atoms with Gasteiger partial charge in [0.05, 0.1) is 12.1 Å². The Hall–Kier alpha value is -3.06. The van der Waals surface area contributed by atoms with E-state index in [1.165, 1.54) is 24.0 Å². The van der Waals surface area contributed by atoms with Crippen molar-refractivity contribution in [1.82, 2.24) is 30.0 Å². The molecule has 4 rings (SSSR count). The Morgan fingerprint density at radius 1 is 1.03 bits per heavy atom. The molecule has 0 aliphatic carbocycles. The van der Waals surface area contributed by atoms with Crippen molar-refractivity contribution in [2.24, 2.45) is 5.92 Å². The number of aryl methyl sites for hydroxylation is 3. The molecule has 7 nitrogen and oxygen atoms in total. The Kier molecular flexibility index (Phi) is 7.41. The highest BCUT2D eigenvalue weighted by molar-refractivity contribution is 5.79. The van der Waals surface area contributed by atoms with Crippen LogP contribution in [0.5, 0.6) is 0 Å². The number of carbonyl (C=O) groups excluding carboxylic acids is 1. The molecular weight excluding hydrogens is 424 g/mol. The zero-order chi connectivity index (χ0) is 24.2. The van der Waals surface area contributed by atoms with Crippen molar-refractivity contribution in [3.05, 3.63) is 69.8 Å². The predicted molar refractivity (Wildman–Crippen MR) is 134 cm³/mol. The van der Waals surface area contributed by atoms with Gasteiger partial charge in [0.1, 0.15) is 0 Å². The lowest BCUT2D eigenvalue weighted by atomic mass is 9.98. The SMILES string of the molecule is Cc1cc(C)nc(-n2nc(C)c(CC(=O)NCc3ccccc3CN3CCC(C)CC3)c2C)n1. The van der Waals surface area contributed by atoms with Crippen molar-refractivity contribution in [2.75, 3.05) is 13.1 Å². The average molecular weight is 461 g/mol. The summed E-state index contributed by atoms with van der Waals surface area (Å²) in [4.78, 5) is 24.5. The van der Waals surface area contributed by atoms with Crippen LogP contribution < -0.4 is 5.32 Å². The quantitative estimate of drug-likeness (QED) is 0.577. The molecule has 0 spiro atoms. The second-order valence-corrected chi connectivity index (χ2v) is 9.69. The molecule has 1 aliphatic rings. The number of amides is 1. The van der Waals surface area contributed by atoms with Crippen molar-refractivity contribution < 1.29 is 4.79 Å². The van der Waals surface area contributed by atoms with Gasteiger partial charge >= 0.3 is 0 Å². The van der Waals surface area contributed by atoms with Crippen LogP contribution in [0.3, 0.4) is 0 Å². The highest BCUT2D eigenvalue weighted by atomic mass is 16.1. The van der Waals surface area contributed by atoms with E-state index in [-0.39, 0.29) is 12.3 Å². The summed E-state index contributed by atoms with van der Waals surface area (Å²) in [6.07, 6.45) is 2.81. The minimum atomic E-state index is -0.00584. The highest BCUT2D eigenvalue weighted by Crippen LogP contribution is 2.20. The summed E-state index contributed by atoms with van der Waals surface area (Å²) in [5, 5.41) is 7.75. The molecule has 3 heterocycles. The minimum Gasteiger partial charge on any atom is -0.352 e. The molecule has 1 fully saturated rings. The summed E-state index contributed by atoms with van der Waals surface area (Å²) in [6, 6.07) is 10.4. The Morgan fingerprint density at radius 2 is 1.68 bits per heavy atom. The number of hydrogen-bond acceptors (Lipinski definition) is 5. The Balaban J connectivity index is 1.41. The van der Waals surface area contributed by atoms with E-state index in [0.717, 1.165) is 53.9 Å². The van der Waals surface area contributed by atoms with Crippen molar-refractivity contribution >= 4 is 5.91 Å². The Morgan fingerprint density at radius 3 is 2.35 bits per heavy atom. The molecule has 3 aromatic rings. The summed E-state index contributed by atoms with van der Waals surface area (Å²) in [5.41, 5.74) is 6.93. The maximum absolute atomic E-state index is 12.9. The highest BCUT2D eigenvalue weighted by Gasteiger charge is 2.19. The normalized spacial score (nSPS) is 15.0. The number of hydrogen-bond donors (Lipinski definition) is 1. The van der Waals surface area contributed by atoms with E-state index in [1.807, 2.05) is 39.8 Å². The summed E-state index contributed by atoms with van der Waals surface area (Å²) in [6.45, 7) is 13.9. The fourth-order valence-corrected chi connectivity index (χ4v) is 4.69. The number of nitrogens with one attached hydrogen (secondary N) is 1. The Bertz CT molecular complexity index is 1140. The van der Waals surface area contributed by atoms with Crippen LogP contribution in [0.15, 0.2) is 30.3 Å². The molecule has 34 heavy (non-hydrogen) atoms. The van der Waals surface area contributed by atoms with E-state index in [9.17, 15) is 4.79 Å². The minimum absolute atomic E-state index is 0.00584. The fourth-order valence-electron chi connectivity index (χ4n) is 4.69. The number of rotatable bonds is 7. The third kappa shape index (κ3) is 5.70. The fraction of sp³-hybridized carbons (Fsp3) is 0.481. The van der Waals surface area contributed by atoms with Crippen LogP contribution in [0.4, 0.5) is 0 Å². The lowest BCUT2D eigenvalue weighted by Crippen LogP contribution is -2.33. The molecule has 0 bridgehead atoms. The van der Waals surface area contributed by atoms with Gasteiger partial charge < -0.3 is 5.32 Å². The standard InChI is InChI=1S/C27H36N6O/c1-18-10-12-32(13-11-18)17-24-9-7-6-8-23(24)16-28-26(34)15-25-21(4)31-33(22(25)5)27-29-19(2)14-20(3)30-27/h6-9,14,18H,10-13,15-17H2,1-5H3,(H,28,34). The molecule has 1 aromatic carbocycles. The van der Waals surface area contributed by atoms with Gasteiger partial charge in [0.2, 0.25) is 5.91 Å². The molecule has 1 N–H and O–H groups in total. The first-order valence-corrected chi connectivity index (χ1v) is 12.2. The van der Waals surface area contributed by atoms with E-state index in [4.69, 9.17) is 0 Å². The molecular formula is C27H36N6O. The van der Waals surface area contributed by atoms with Gasteiger partial charge in [-0.05, 0) is 76.7 Å². The van der Waals surface area contributed by atoms with Gasteiger partial charge in [-0.25, -0.2) is 14.6 Å². The molecule has 0 atom stereocenters. The third-order valence-corrected chi connectivity index (χ3v) is 6.80. The molecule has 2 aromatic heterocycles. The summed E-state index contributed by atoms with van der Waals surface area (Å²) < 4.78 is 1.74. The second-order valence-electron chi connectivity index (χ2n) is 9.69. The maximum atomic E-state index is 12.9. The van der Waals surface area contributed by atoms with Gasteiger partial charge in [-0.2, -0.15) is 5.10 Å². The van der Waals surface area contributed by atoms with E-state index < -0.39 is 0 Å². The summed E-state index contributed by atoms with van der Waals surface area (Å²) in [5.74, 6) is 1.36. The average Bonchev–Trinajstić information content (AvgIpc) is 3.08. The molecule has 7 heteroatoms. The largest absolute Gasteiger partial charge is 0.352 e. The number of benzene rings is 1. The molecule has 1 saturated heterocycles. The van der Waals surface area contributed by atoms with Crippen molar-refractivity contribution in [3.63, 3.8) is 0 Å². The molecule has 1 aliphatic heterocycles. The molecule has 1 amide bonds. The first kappa shape index (κ1) is 24.1. The van der Waals surface area contributed by atoms with E-state index >= 15 is 0 Å². The number of aromatic nitrogens is 4. The first-order chi connectivity index (χ1) is 16.3. The van der Waals surface area contributed by atoms with E-state index in [2.05, 4.69) is 50.4 Å². The molecule has 0 unspecified atom stereocenters. The topological polar surface area (TPSA) is 75.9 Å². The Labute approximate surface area is 202 Å². The second kappa shape index (κ2) is 10.5. The molecule has 0 saturated carbocycles. The van der Waals surface area contributed by atoms with Crippen molar-refractivity contribution in [3.8, 4) is 5.95 Å². The van der Waals surface area contributed by atoms with Gasteiger partial charge in [0.15, 0.2) is 0 Å². The van der Waals surface area contributed by atoms with Crippen LogP contribution in [-0.4, -0.2) is 43.6 Å². The lowest BCUT2D eigenvalue weighted by molar-refractivity contribution is -0.120. The van der Waals surface area contributed by atoms with E-state index in [1.54, 1.807) is 4.68 Å². The zero-order valence-electron chi connectivity index (χ0n) is 21.1. The maximum Gasteiger partial charge on any atom is 0.251 e. The van der Waals surface area contributed by atoms with Crippen LogP contribution >= 0.6 is 0 Å². The lowest BCUT2D eigenvalue weighted by Gasteiger charge is -2.30. The van der Waals surface area contributed by atoms with Crippen LogP contribution in [0.25, 0.3) is 5.95 Å². The molecule has 0 radical (unpaired) electrons. The zero-order valence-corrected chi connectivity index (χ0v) is 21.1.